The minimum absolute atomic E-state index is 0.000874. The van der Waals surface area contributed by atoms with Gasteiger partial charge in [0.25, 0.3) is 0 Å². The molecule has 0 spiro atoms. The number of nitrogens with zero attached hydrogens (tertiary/aromatic N) is 2. The second-order valence-corrected chi connectivity index (χ2v) is 7.24. The summed E-state index contributed by atoms with van der Waals surface area (Å²) in [6, 6.07) is 9.73. The highest BCUT2D eigenvalue weighted by molar-refractivity contribution is 5.82. The van der Waals surface area contributed by atoms with Gasteiger partial charge >= 0.3 is 11.9 Å². The fraction of sp³-hybridized carbons (Fsp3) is 0.450. The number of hydrogen-bond donors (Lipinski definition) is 1. The van der Waals surface area contributed by atoms with E-state index in [2.05, 4.69) is 9.88 Å². The maximum atomic E-state index is 11.8. The minimum Gasteiger partial charge on any atom is -0.481 e. The number of aliphatic carboxylic acids is 1. The van der Waals surface area contributed by atoms with Gasteiger partial charge in [-0.3, -0.25) is 19.5 Å². The van der Waals surface area contributed by atoms with Crippen LogP contribution in [-0.2, 0) is 14.3 Å². The lowest BCUT2D eigenvalue weighted by Crippen LogP contribution is -2.57. The Hall–Kier alpha value is -2.47. The second kappa shape index (κ2) is 6.68. The zero-order chi connectivity index (χ0) is 18.3. The molecule has 0 aliphatic carbocycles. The van der Waals surface area contributed by atoms with E-state index in [1.807, 2.05) is 30.3 Å². The number of aromatic nitrogens is 1. The Balaban J connectivity index is 1.72. The SMILES string of the molecule is CC(=O)O[C@@H](c1ccnc2ccccc12)[C@H]1C[C@@H]2CCN1C[C@@H]2C(=O)O. The Morgan fingerprint density at radius 2 is 2.12 bits per heavy atom. The van der Waals surface area contributed by atoms with Crippen molar-refractivity contribution in [3.8, 4) is 0 Å². The predicted octanol–water partition coefficient (Wildman–Crippen LogP) is 2.63. The van der Waals surface area contributed by atoms with E-state index in [1.54, 1.807) is 6.20 Å². The normalized spacial score (nSPS) is 28.7. The highest BCUT2D eigenvalue weighted by Crippen LogP contribution is 2.43. The van der Waals surface area contributed by atoms with Gasteiger partial charge in [0, 0.05) is 30.6 Å². The lowest BCUT2D eigenvalue weighted by molar-refractivity contribution is -0.162. The molecule has 6 heteroatoms. The van der Waals surface area contributed by atoms with Gasteiger partial charge in [-0.1, -0.05) is 18.2 Å². The van der Waals surface area contributed by atoms with E-state index in [4.69, 9.17) is 4.74 Å². The molecule has 5 atom stereocenters. The summed E-state index contributed by atoms with van der Waals surface area (Å²) in [6.45, 7) is 2.79. The summed E-state index contributed by atoms with van der Waals surface area (Å²) in [5.74, 6) is -1.24. The monoisotopic (exact) mass is 354 g/mol. The molecule has 0 saturated carbocycles. The molecule has 4 heterocycles. The number of carbonyl (C=O) groups is 2. The highest BCUT2D eigenvalue weighted by Gasteiger charge is 2.47. The van der Waals surface area contributed by atoms with Gasteiger partial charge in [0.15, 0.2) is 0 Å². The van der Waals surface area contributed by atoms with Gasteiger partial charge in [0.05, 0.1) is 17.5 Å². The van der Waals surface area contributed by atoms with Gasteiger partial charge in [0.2, 0.25) is 0 Å². The number of hydrogen-bond acceptors (Lipinski definition) is 5. The number of carbonyl (C=O) groups excluding carboxylic acids is 1. The molecule has 6 nitrogen and oxygen atoms in total. The van der Waals surface area contributed by atoms with E-state index in [0.29, 0.717) is 6.54 Å². The van der Waals surface area contributed by atoms with E-state index in [0.717, 1.165) is 35.9 Å². The molecule has 1 unspecified atom stereocenters. The van der Waals surface area contributed by atoms with E-state index >= 15 is 0 Å². The third kappa shape index (κ3) is 2.94. The molecule has 0 amide bonds. The molecule has 3 saturated heterocycles. The van der Waals surface area contributed by atoms with Crippen molar-refractivity contribution < 1.29 is 19.4 Å². The Labute approximate surface area is 151 Å². The van der Waals surface area contributed by atoms with Gasteiger partial charge < -0.3 is 9.84 Å². The summed E-state index contributed by atoms with van der Waals surface area (Å²) in [7, 11) is 0. The van der Waals surface area contributed by atoms with Crippen LogP contribution >= 0.6 is 0 Å². The van der Waals surface area contributed by atoms with Crippen molar-refractivity contribution in [3.63, 3.8) is 0 Å². The van der Waals surface area contributed by atoms with Crippen molar-refractivity contribution in [2.24, 2.45) is 11.8 Å². The highest BCUT2D eigenvalue weighted by atomic mass is 16.5. The predicted molar refractivity (Wildman–Crippen MR) is 95.5 cm³/mol. The fourth-order valence-corrected chi connectivity index (χ4v) is 4.56. The number of fused-ring (bicyclic) bond motifs is 4. The lowest BCUT2D eigenvalue weighted by Gasteiger charge is -2.50. The van der Waals surface area contributed by atoms with Gasteiger partial charge in [-0.05, 0) is 37.4 Å². The summed E-state index contributed by atoms with van der Waals surface area (Å²) >= 11 is 0. The number of ether oxygens (including phenoxy) is 1. The van der Waals surface area contributed by atoms with E-state index in [1.165, 1.54) is 6.92 Å². The molecule has 3 aliphatic rings. The molecule has 1 aromatic carbocycles. The first-order chi connectivity index (χ1) is 12.5. The number of rotatable bonds is 4. The summed E-state index contributed by atoms with van der Waals surface area (Å²) in [5, 5.41) is 10.4. The third-order valence-electron chi connectivity index (χ3n) is 5.75. The molecule has 3 aliphatic heterocycles. The van der Waals surface area contributed by atoms with Gasteiger partial charge in [-0.25, -0.2) is 0 Å². The zero-order valence-corrected chi connectivity index (χ0v) is 14.7. The first-order valence-electron chi connectivity index (χ1n) is 9.02. The van der Waals surface area contributed by atoms with Gasteiger partial charge in [-0.2, -0.15) is 0 Å². The lowest BCUT2D eigenvalue weighted by atomic mass is 9.73. The largest absolute Gasteiger partial charge is 0.481 e. The van der Waals surface area contributed by atoms with Crippen LogP contribution in [0.5, 0.6) is 0 Å². The smallest absolute Gasteiger partial charge is 0.308 e. The summed E-state index contributed by atoms with van der Waals surface area (Å²) in [4.78, 5) is 29.9. The Morgan fingerprint density at radius 3 is 2.81 bits per heavy atom. The summed E-state index contributed by atoms with van der Waals surface area (Å²) in [5.41, 5.74) is 1.80. The topological polar surface area (TPSA) is 79.7 Å². The molecule has 2 aromatic rings. The zero-order valence-electron chi connectivity index (χ0n) is 14.7. The van der Waals surface area contributed by atoms with Crippen molar-refractivity contribution in [2.75, 3.05) is 13.1 Å². The number of carboxylic acids is 1. The molecule has 5 rings (SSSR count). The first-order valence-corrected chi connectivity index (χ1v) is 9.02. The number of piperidine rings is 3. The average molecular weight is 354 g/mol. The summed E-state index contributed by atoms with van der Waals surface area (Å²) in [6.07, 6.45) is 2.94. The van der Waals surface area contributed by atoms with Crippen LogP contribution in [0.1, 0.15) is 31.4 Å². The number of para-hydroxylation sites is 1. The van der Waals surface area contributed by atoms with Crippen LogP contribution in [0.4, 0.5) is 0 Å². The standard InChI is InChI=1S/C20H22N2O4/c1-12(23)26-19(15-6-8-21-17-5-3-2-4-14(15)17)18-10-13-7-9-22(18)11-16(13)20(24)25/h2-6,8,13,16,18-19H,7,9-11H2,1H3,(H,24,25)/t13-,16-,18+,19-/m0/s1. The van der Waals surface area contributed by atoms with E-state index in [9.17, 15) is 14.7 Å². The maximum Gasteiger partial charge on any atom is 0.308 e. The molecular formula is C20H22N2O4. The van der Waals surface area contributed by atoms with Crippen molar-refractivity contribution >= 4 is 22.8 Å². The third-order valence-corrected chi connectivity index (χ3v) is 5.75. The van der Waals surface area contributed by atoms with Crippen LogP contribution in [0.15, 0.2) is 36.5 Å². The molecule has 0 radical (unpaired) electrons. The molecule has 26 heavy (non-hydrogen) atoms. The van der Waals surface area contributed by atoms with Crippen LogP contribution in [0.2, 0.25) is 0 Å². The van der Waals surface area contributed by atoms with Crippen LogP contribution in [-0.4, -0.2) is 46.1 Å². The number of esters is 1. The number of pyridine rings is 1. The molecule has 136 valence electrons. The van der Waals surface area contributed by atoms with Crippen molar-refractivity contribution in [1.29, 1.82) is 0 Å². The van der Waals surface area contributed by atoms with Crippen LogP contribution < -0.4 is 0 Å². The maximum absolute atomic E-state index is 11.8. The van der Waals surface area contributed by atoms with Gasteiger partial charge in [-0.15, -0.1) is 0 Å². The molecular weight excluding hydrogens is 332 g/mol. The molecule has 2 bridgehead atoms. The van der Waals surface area contributed by atoms with Crippen LogP contribution in [0, 0.1) is 11.8 Å². The van der Waals surface area contributed by atoms with Gasteiger partial charge in [0.1, 0.15) is 6.10 Å². The van der Waals surface area contributed by atoms with Crippen molar-refractivity contribution in [3.05, 3.63) is 42.1 Å². The van der Waals surface area contributed by atoms with Crippen LogP contribution in [0.25, 0.3) is 10.9 Å². The Kier molecular flexibility index (Phi) is 4.36. The fourth-order valence-electron chi connectivity index (χ4n) is 4.56. The average Bonchev–Trinajstić information content (AvgIpc) is 2.66. The number of carboxylic acid groups (broad SMARTS) is 1. The Bertz CT molecular complexity index is 847. The molecule has 1 aromatic heterocycles. The Morgan fingerprint density at radius 1 is 1.31 bits per heavy atom. The summed E-state index contributed by atoms with van der Waals surface area (Å²) < 4.78 is 5.78. The molecule has 3 fully saturated rings. The second-order valence-electron chi connectivity index (χ2n) is 7.24. The van der Waals surface area contributed by atoms with Crippen molar-refractivity contribution in [2.45, 2.75) is 31.9 Å². The minimum atomic E-state index is -0.725. The van der Waals surface area contributed by atoms with Crippen LogP contribution in [0.3, 0.4) is 0 Å². The van der Waals surface area contributed by atoms with E-state index < -0.39 is 12.1 Å². The quantitative estimate of drug-likeness (QED) is 0.850. The first kappa shape index (κ1) is 17.0. The van der Waals surface area contributed by atoms with E-state index in [-0.39, 0.29) is 23.8 Å². The number of benzene rings is 1. The molecule has 1 N–H and O–H groups in total. The van der Waals surface area contributed by atoms with Crippen molar-refractivity contribution in [1.82, 2.24) is 9.88 Å².